The number of anilines is 1. The molecule has 0 heterocycles. The van der Waals surface area contributed by atoms with E-state index in [4.69, 9.17) is 0 Å². The molecule has 0 bridgehead atoms. The van der Waals surface area contributed by atoms with Gasteiger partial charge in [-0.1, -0.05) is 45.2 Å². The van der Waals surface area contributed by atoms with Crippen LogP contribution >= 0.6 is 0 Å². The molecule has 104 valence electrons. The van der Waals surface area contributed by atoms with Crippen molar-refractivity contribution >= 4 is 5.69 Å². The normalized spacial score (nSPS) is 25.3. The zero-order valence-electron chi connectivity index (χ0n) is 12.4. The van der Waals surface area contributed by atoms with E-state index in [9.17, 15) is 0 Å². The van der Waals surface area contributed by atoms with Crippen LogP contribution in [-0.4, -0.2) is 6.04 Å². The fourth-order valence-electron chi connectivity index (χ4n) is 3.97. The third kappa shape index (κ3) is 2.52. The summed E-state index contributed by atoms with van der Waals surface area (Å²) in [6.45, 7) is 4.54. The van der Waals surface area contributed by atoms with E-state index >= 15 is 0 Å². The van der Waals surface area contributed by atoms with Gasteiger partial charge in [0.2, 0.25) is 0 Å². The van der Waals surface area contributed by atoms with Gasteiger partial charge in [-0.05, 0) is 54.7 Å². The molecule has 0 radical (unpaired) electrons. The maximum absolute atomic E-state index is 3.83. The summed E-state index contributed by atoms with van der Waals surface area (Å²) in [6, 6.07) is 9.76. The molecule has 0 amide bonds. The molecular formula is C18H27N. The maximum Gasteiger partial charge on any atom is 0.0345 e. The molecule has 2 aliphatic rings. The van der Waals surface area contributed by atoms with Crippen molar-refractivity contribution in [2.75, 3.05) is 5.32 Å². The third-order valence-corrected chi connectivity index (χ3v) is 5.41. The van der Waals surface area contributed by atoms with Gasteiger partial charge < -0.3 is 5.32 Å². The number of hydrogen-bond acceptors (Lipinski definition) is 1. The van der Waals surface area contributed by atoms with E-state index in [1.807, 2.05) is 0 Å². The van der Waals surface area contributed by atoms with E-state index in [1.165, 1.54) is 56.2 Å². The Morgan fingerprint density at radius 3 is 2.53 bits per heavy atom. The van der Waals surface area contributed by atoms with Crippen LogP contribution in [0.15, 0.2) is 24.3 Å². The van der Waals surface area contributed by atoms with Crippen LogP contribution in [-0.2, 0) is 0 Å². The first-order chi connectivity index (χ1) is 9.20. The Bertz CT molecular complexity index is 429. The SMILES string of the molecule is CC(C)c1cccc(NC2CCC23CCCCC3)c1. The fraction of sp³-hybridized carbons (Fsp3) is 0.667. The van der Waals surface area contributed by atoms with Crippen molar-refractivity contribution in [3.8, 4) is 0 Å². The summed E-state index contributed by atoms with van der Waals surface area (Å²) in [7, 11) is 0. The van der Waals surface area contributed by atoms with Gasteiger partial charge in [0, 0.05) is 11.7 Å². The standard InChI is InChI=1S/C18H27N/c1-14(2)15-7-6-8-16(13-15)19-17-9-12-18(17)10-4-3-5-11-18/h6-8,13-14,17,19H,3-5,9-12H2,1-2H3. The van der Waals surface area contributed by atoms with E-state index in [0.29, 0.717) is 11.3 Å². The van der Waals surface area contributed by atoms with Crippen LogP contribution in [0.1, 0.15) is 70.3 Å². The quantitative estimate of drug-likeness (QED) is 0.771. The van der Waals surface area contributed by atoms with E-state index in [0.717, 1.165) is 6.04 Å². The highest BCUT2D eigenvalue weighted by Crippen LogP contribution is 2.52. The van der Waals surface area contributed by atoms with Crippen molar-refractivity contribution in [2.24, 2.45) is 5.41 Å². The summed E-state index contributed by atoms with van der Waals surface area (Å²) in [4.78, 5) is 0. The highest BCUT2D eigenvalue weighted by molar-refractivity contribution is 5.48. The molecule has 1 aromatic carbocycles. The van der Waals surface area contributed by atoms with Crippen molar-refractivity contribution in [3.63, 3.8) is 0 Å². The lowest BCUT2D eigenvalue weighted by Crippen LogP contribution is -2.50. The van der Waals surface area contributed by atoms with Gasteiger partial charge in [0.1, 0.15) is 0 Å². The molecule has 19 heavy (non-hydrogen) atoms. The van der Waals surface area contributed by atoms with Crippen LogP contribution in [0.4, 0.5) is 5.69 Å². The monoisotopic (exact) mass is 257 g/mol. The average Bonchev–Trinajstić information content (AvgIpc) is 2.45. The molecule has 2 aliphatic carbocycles. The molecule has 3 rings (SSSR count). The van der Waals surface area contributed by atoms with Gasteiger partial charge in [-0.3, -0.25) is 0 Å². The smallest absolute Gasteiger partial charge is 0.0345 e. The van der Waals surface area contributed by atoms with E-state index < -0.39 is 0 Å². The molecule has 0 aliphatic heterocycles. The van der Waals surface area contributed by atoms with Crippen LogP contribution in [0, 0.1) is 5.41 Å². The van der Waals surface area contributed by atoms with E-state index in [2.05, 4.69) is 43.4 Å². The molecule has 1 atom stereocenters. The largest absolute Gasteiger partial charge is 0.382 e. The molecule has 1 aromatic rings. The fourth-order valence-corrected chi connectivity index (χ4v) is 3.97. The van der Waals surface area contributed by atoms with Gasteiger partial charge in [0.15, 0.2) is 0 Å². The van der Waals surface area contributed by atoms with Crippen LogP contribution in [0.2, 0.25) is 0 Å². The van der Waals surface area contributed by atoms with Crippen molar-refractivity contribution in [1.82, 2.24) is 0 Å². The second-order valence-electron chi connectivity index (χ2n) is 6.94. The van der Waals surface area contributed by atoms with Gasteiger partial charge in [-0.2, -0.15) is 0 Å². The number of hydrogen-bond donors (Lipinski definition) is 1. The summed E-state index contributed by atoms with van der Waals surface area (Å²) >= 11 is 0. The van der Waals surface area contributed by atoms with E-state index in [-0.39, 0.29) is 0 Å². The van der Waals surface area contributed by atoms with Gasteiger partial charge in [0.05, 0.1) is 0 Å². The Balaban J connectivity index is 1.69. The lowest BCUT2D eigenvalue weighted by atomic mass is 9.57. The number of rotatable bonds is 3. The number of nitrogens with one attached hydrogen (secondary N) is 1. The topological polar surface area (TPSA) is 12.0 Å². The van der Waals surface area contributed by atoms with Gasteiger partial charge in [-0.25, -0.2) is 0 Å². The Morgan fingerprint density at radius 2 is 1.89 bits per heavy atom. The summed E-state index contributed by atoms with van der Waals surface area (Å²) < 4.78 is 0. The second-order valence-corrected chi connectivity index (χ2v) is 6.94. The predicted octanol–water partition coefficient (Wildman–Crippen LogP) is 5.33. The summed E-state index contributed by atoms with van der Waals surface area (Å²) in [5.41, 5.74) is 3.43. The highest BCUT2D eigenvalue weighted by atomic mass is 15.0. The Hall–Kier alpha value is -0.980. The minimum atomic E-state index is 0.617. The minimum absolute atomic E-state index is 0.617. The predicted molar refractivity (Wildman–Crippen MR) is 82.7 cm³/mol. The molecule has 1 N–H and O–H groups in total. The van der Waals surface area contributed by atoms with Crippen LogP contribution in [0.3, 0.4) is 0 Å². The second kappa shape index (κ2) is 5.19. The summed E-state index contributed by atoms with van der Waals surface area (Å²) in [5.74, 6) is 0.617. The first-order valence-corrected chi connectivity index (χ1v) is 8.06. The Morgan fingerprint density at radius 1 is 1.11 bits per heavy atom. The molecule has 0 saturated heterocycles. The van der Waals surface area contributed by atoms with Gasteiger partial charge in [-0.15, -0.1) is 0 Å². The first-order valence-electron chi connectivity index (χ1n) is 8.06. The highest BCUT2D eigenvalue weighted by Gasteiger charge is 2.46. The molecular weight excluding hydrogens is 230 g/mol. The molecule has 2 saturated carbocycles. The zero-order valence-corrected chi connectivity index (χ0v) is 12.4. The van der Waals surface area contributed by atoms with Crippen molar-refractivity contribution < 1.29 is 0 Å². The minimum Gasteiger partial charge on any atom is -0.382 e. The third-order valence-electron chi connectivity index (χ3n) is 5.41. The molecule has 1 unspecified atom stereocenters. The van der Waals surface area contributed by atoms with Gasteiger partial charge in [0.25, 0.3) is 0 Å². The van der Waals surface area contributed by atoms with Crippen molar-refractivity contribution in [2.45, 2.75) is 70.8 Å². The lowest BCUT2D eigenvalue weighted by Gasteiger charge is -2.52. The van der Waals surface area contributed by atoms with Crippen molar-refractivity contribution in [3.05, 3.63) is 29.8 Å². The van der Waals surface area contributed by atoms with Crippen LogP contribution < -0.4 is 5.32 Å². The molecule has 1 nitrogen and oxygen atoms in total. The summed E-state index contributed by atoms with van der Waals surface area (Å²) in [5, 5.41) is 3.83. The maximum atomic E-state index is 3.83. The lowest BCUT2D eigenvalue weighted by molar-refractivity contribution is 0.0571. The average molecular weight is 257 g/mol. The van der Waals surface area contributed by atoms with E-state index in [1.54, 1.807) is 0 Å². The van der Waals surface area contributed by atoms with Gasteiger partial charge >= 0.3 is 0 Å². The van der Waals surface area contributed by atoms with Crippen LogP contribution in [0.5, 0.6) is 0 Å². The van der Waals surface area contributed by atoms with Crippen LogP contribution in [0.25, 0.3) is 0 Å². The zero-order chi connectivity index (χ0) is 13.3. The molecule has 0 aromatic heterocycles. The Kier molecular flexibility index (Phi) is 3.56. The number of benzene rings is 1. The van der Waals surface area contributed by atoms with Crippen molar-refractivity contribution in [1.29, 1.82) is 0 Å². The first kappa shape index (κ1) is 13.0. The Labute approximate surface area is 117 Å². The molecule has 1 spiro atoms. The molecule has 2 fully saturated rings. The molecule has 1 heteroatoms. The summed E-state index contributed by atoms with van der Waals surface area (Å²) in [6.07, 6.45) is 10.1.